The van der Waals surface area contributed by atoms with Crippen molar-refractivity contribution in [2.24, 2.45) is 0 Å². The maximum Gasteiger partial charge on any atom is 0.242 e. The first-order chi connectivity index (χ1) is 14.9. The second-order valence-electron chi connectivity index (χ2n) is 8.06. The van der Waals surface area contributed by atoms with Crippen molar-refractivity contribution in [2.45, 2.75) is 65.3 Å². The van der Waals surface area contributed by atoms with Crippen molar-refractivity contribution in [1.29, 1.82) is 0 Å². The van der Waals surface area contributed by atoms with Crippen molar-refractivity contribution < 1.29 is 9.59 Å². The predicted molar refractivity (Wildman–Crippen MR) is 131 cm³/mol. The number of hydrogen-bond acceptors (Lipinski definition) is 3. The van der Waals surface area contributed by atoms with Crippen LogP contribution in [0.25, 0.3) is 0 Å². The van der Waals surface area contributed by atoms with Crippen LogP contribution in [0, 0.1) is 13.8 Å². The zero-order valence-corrected chi connectivity index (χ0v) is 20.1. The number of unbranched alkanes of at least 4 members (excludes halogenated alkanes) is 1. The van der Waals surface area contributed by atoms with Gasteiger partial charge in [0.1, 0.15) is 6.04 Å². The van der Waals surface area contributed by atoms with E-state index in [9.17, 15) is 9.59 Å². The molecule has 5 heteroatoms. The number of thioether (sulfide) groups is 1. The number of hydrogen-bond donors (Lipinski definition) is 1. The van der Waals surface area contributed by atoms with Crippen LogP contribution in [0.2, 0.25) is 0 Å². The Labute approximate surface area is 191 Å². The number of rotatable bonds is 12. The fourth-order valence-corrected chi connectivity index (χ4v) is 4.33. The summed E-state index contributed by atoms with van der Waals surface area (Å²) in [7, 11) is 0. The largest absolute Gasteiger partial charge is 0.354 e. The van der Waals surface area contributed by atoms with Crippen LogP contribution in [0.4, 0.5) is 0 Å². The molecular weight excluding hydrogens is 404 g/mol. The molecule has 1 atom stereocenters. The van der Waals surface area contributed by atoms with E-state index in [0.29, 0.717) is 25.3 Å². The summed E-state index contributed by atoms with van der Waals surface area (Å²) in [6.07, 6.45) is 2.57. The molecule has 0 aromatic heterocycles. The minimum Gasteiger partial charge on any atom is -0.354 e. The van der Waals surface area contributed by atoms with E-state index in [2.05, 4.69) is 49.5 Å². The van der Waals surface area contributed by atoms with Gasteiger partial charge in [0.25, 0.3) is 0 Å². The maximum atomic E-state index is 13.2. The van der Waals surface area contributed by atoms with Crippen molar-refractivity contribution >= 4 is 23.6 Å². The molecule has 1 N–H and O–H groups in total. The summed E-state index contributed by atoms with van der Waals surface area (Å²) in [6, 6.07) is 16.1. The fourth-order valence-electron chi connectivity index (χ4n) is 3.46. The lowest BCUT2D eigenvalue weighted by Crippen LogP contribution is -2.49. The second kappa shape index (κ2) is 13.2. The van der Waals surface area contributed by atoms with Crippen LogP contribution in [0.1, 0.15) is 55.4 Å². The zero-order valence-electron chi connectivity index (χ0n) is 19.3. The Morgan fingerprint density at radius 3 is 2.39 bits per heavy atom. The topological polar surface area (TPSA) is 49.4 Å². The number of carbonyl (C=O) groups excluding carboxylic acids is 2. The molecular formula is C26H36N2O2S. The van der Waals surface area contributed by atoms with E-state index in [4.69, 9.17) is 0 Å². The molecule has 0 fully saturated rings. The Bertz CT molecular complexity index is 836. The molecule has 0 saturated heterocycles. The molecule has 2 rings (SSSR count). The highest BCUT2D eigenvalue weighted by Crippen LogP contribution is 2.18. The van der Waals surface area contributed by atoms with E-state index < -0.39 is 6.04 Å². The summed E-state index contributed by atoms with van der Waals surface area (Å²) >= 11 is 1.60. The molecule has 0 aliphatic carbocycles. The third-order valence-corrected chi connectivity index (χ3v) is 6.25. The maximum absolute atomic E-state index is 13.2. The Morgan fingerprint density at radius 2 is 1.74 bits per heavy atom. The summed E-state index contributed by atoms with van der Waals surface area (Å²) in [6.45, 7) is 9.29. The Balaban J connectivity index is 2.09. The van der Waals surface area contributed by atoms with Crippen LogP contribution in [0.15, 0.2) is 48.5 Å². The van der Waals surface area contributed by atoms with E-state index >= 15 is 0 Å². The normalized spacial score (nSPS) is 11.7. The van der Waals surface area contributed by atoms with Crippen LogP contribution in [0.3, 0.4) is 0 Å². The van der Waals surface area contributed by atoms with Gasteiger partial charge in [0, 0.05) is 18.8 Å². The van der Waals surface area contributed by atoms with Gasteiger partial charge in [-0.3, -0.25) is 9.59 Å². The summed E-state index contributed by atoms with van der Waals surface area (Å²) < 4.78 is 0. The average molecular weight is 441 g/mol. The molecule has 0 bridgehead atoms. The van der Waals surface area contributed by atoms with Crippen LogP contribution >= 0.6 is 11.8 Å². The quantitative estimate of drug-likeness (QED) is 0.458. The van der Waals surface area contributed by atoms with Crippen molar-refractivity contribution in [2.75, 3.05) is 12.3 Å². The molecule has 2 aromatic carbocycles. The Kier molecular flexibility index (Phi) is 10.6. The molecule has 2 aromatic rings. The zero-order chi connectivity index (χ0) is 22.6. The lowest BCUT2D eigenvalue weighted by Gasteiger charge is -2.30. The van der Waals surface area contributed by atoms with Gasteiger partial charge in [0.2, 0.25) is 11.8 Å². The number of carbonyl (C=O) groups is 2. The molecule has 0 aliphatic rings. The summed E-state index contributed by atoms with van der Waals surface area (Å²) in [4.78, 5) is 27.9. The van der Waals surface area contributed by atoms with E-state index in [1.54, 1.807) is 16.7 Å². The number of aryl methyl sites for hydroxylation is 2. The predicted octanol–water partition coefficient (Wildman–Crippen LogP) is 5.26. The lowest BCUT2D eigenvalue weighted by molar-refractivity contribution is -0.139. The Hall–Kier alpha value is -2.27. The van der Waals surface area contributed by atoms with Crippen LogP contribution in [0.5, 0.6) is 0 Å². The highest BCUT2D eigenvalue weighted by atomic mass is 32.2. The molecule has 4 nitrogen and oxygen atoms in total. The third kappa shape index (κ3) is 8.41. The van der Waals surface area contributed by atoms with Gasteiger partial charge in [-0.1, -0.05) is 79.9 Å². The van der Waals surface area contributed by atoms with Crippen molar-refractivity contribution in [3.05, 3.63) is 70.8 Å². The molecule has 0 saturated carbocycles. The van der Waals surface area contributed by atoms with Gasteiger partial charge < -0.3 is 10.2 Å². The van der Waals surface area contributed by atoms with Gasteiger partial charge in [-0.25, -0.2) is 0 Å². The van der Waals surface area contributed by atoms with Crippen LogP contribution in [-0.2, 0) is 21.9 Å². The summed E-state index contributed by atoms with van der Waals surface area (Å²) in [5.41, 5.74) is 4.64. The van der Waals surface area contributed by atoms with E-state index in [-0.39, 0.29) is 11.8 Å². The molecule has 0 spiro atoms. The number of amides is 2. The van der Waals surface area contributed by atoms with Gasteiger partial charge in [0.15, 0.2) is 0 Å². The van der Waals surface area contributed by atoms with Gasteiger partial charge in [0.05, 0.1) is 5.75 Å². The van der Waals surface area contributed by atoms with Gasteiger partial charge in [-0.05, 0) is 37.8 Å². The van der Waals surface area contributed by atoms with E-state index in [1.165, 1.54) is 11.1 Å². The number of benzene rings is 2. The first kappa shape index (κ1) is 25.0. The van der Waals surface area contributed by atoms with Crippen molar-refractivity contribution in [3.63, 3.8) is 0 Å². The third-order valence-electron chi connectivity index (χ3n) is 5.27. The number of nitrogens with one attached hydrogen (secondary N) is 1. The molecule has 2 amide bonds. The fraction of sp³-hybridized carbons (Fsp3) is 0.462. The van der Waals surface area contributed by atoms with Gasteiger partial charge in [-0.15, -0.1) is 11.8 Å². The highest BCUT2D eigenvalue weighted by Gasteiger charge is 2.28. The lowest BCUT2D eigenvalue weighted by atomic mass is 10.1. The molecule has 0 radical (unpaired) electrons. The minimum atomic E-state index is -0.454. The van der Waals surface area contributed by atoms with Crippen molar-refractivity contribution in [1.82, 2.24) is 10.2 Å². The summed E-state index contributed by atoms with van der Waals surface area (Å²) in [5.74, 6) is 1.10. The van der Waals surface area contributed by atoms with Gasteiger partial charge >= 0.3 is 0 Å². The highest BCUT2D eigenvalue weighted by molar-refractivity contribution is 7.99. The first-order valence-corrected chi connectivity index (χ1v) is 12.4. The number of nitrogens with zero attached hydrogens (tertiary/aromatic N) is 1. The molecule has 0 heterocycles. The second-order valence-corrected chi connectivity index (χ2v) is 9.04. The van der Waals surface area contributed by atoms with Gasteiger partial charge in [-0.2, -0.15) is 0 Å². The molecule has 0 unspecified atom stereocenters. The minimum absolute atomic E-state index is 0.0103. The molecule has 31 heavy (non-hydrogen) atoms. The summed E-state index contributed by atoms with van der Waals surface area (Å²) in [5, 5.41) is 3.01. The molecule has 0 aliphatic heterocycles. The Morgan fingerprint density at radius 1 is 1.00 bits per heavy atom. The van der Waals surface area contributed by atoms with Crippen LogP contribution in [-0.4, -0.2) is 35.1 Å². The SMILES string of the molecule is CCCCNC(=O)[C@@H](CC)N(Cc1cccc(C)c1)C(=O)CSCc1ccc(C)cc1. The average Bonchev–Trinajstić information content (AvgIpc) is 2.75. The standard InChI is InChI=1S/C26H36N2O2S/c1-5-7-15-27-26(30)24(6-2)28(17-23-10-8-9-21(4)16-23)25(29)19-31-18-22-13-11-20(3)12-14-22/h8-14,16,24H,5-7,15,17-19H2,1-4H3,(H,27,30)/t24-/m1/s1. The smallest absolute Gasteiger partial charge is 0.242 e. The van der Waals surface area contributed by atoms with Crippen LogP contribution < -0.4 is 5.32 Å². The van der Waals surface area contributed by atoms with E-state index in [0.717, 1.165) is 29.7 Å². The van der Waals surface area contributed by atoms with Crippen molar-refractivity contribution in [3.8, 4) is 0 Å². The monoisotopic (exact) mass is 440 g/mol. The first-order valence-electron chi connectivity index (χ1n) is 11.2. The van der Waals surface area contributed by atoms with E-state index in [1.807, 2.05) is 32.0 Å². The molecule has 168 valence electrons.